The van der Waals surface area contributed by atoms with E-state index in [1.165, 1.54) is 12.4 Å². The fraction of sp³-hybridized carbons (Fsp3) is 0.357. The number of rotatable bonds is 5. The maximum atomic E-state index is 12.3. The molecule has 1 N–H and O–H groups in total. The molecule has 1 atom stereocenters. The average molecular weight is 377 g/mol. The molecule has 1 aliphatic heterocycles. The van der Waals surface area contributed by atoms with E-state index in [0.29, 0.717) is 13.2 Å². The molecule has 1 aliphatic rings. The van der Waals surface area contributed by atoms with Gasteiger partial charge in [0, 0.05) is 12.8 Å². The topological polar surface area (TPSA) is 82.5 Å². The Labute approximate surface area is 141 Å². The molecule has 1 unspecified atom stereocenters. The predicted molar refractivity (Wildman–Crippen MR) is 80.6 cm³/mol. The van der Waals surface area contributed by atoms with Crippen molar-refractivity contribution < 1.29 is 31.1 Å². The van der Waals surface area contributed by atoms with E-state index in [-0.39, 0.29) is 16.6 Å². The maximum Gasteiger partial charge on any atom is 0.573 e. The summed E-state index contributed by atoms with van der Waals surface area (Å²) in [5, 5.41) is 4.10. The van der Waals surface area contributed by atoms with Gasteiger partial charge < -0.3 is 9.47 Å². The first kappa shape index (κ1) is 17.5. The number of nitrogens with zero attached hydrogens (tertiary/aromatic N) is 2. The molecule has 11 heteroatoms. The third-order valence-electron chi connectivity index (χ3n) is 3.50. The predicted octanol–water partition coefficient (Wildman–Crippen LogP) is 2.54. The molecule has 25 heavy (non-hydrogen) atoms. The Morgan fingerprint density at radius 2 is 2.00 bits per heavy atom. The molecule has 0 amide bonds. The first-order valence-corrected chi connectivity index (χ1v) is 8.72. The van der Waals surface area contributed by atoms with E-state index in [2.05, 4.69) is 14.6 Å². The van der Waals surface area contributed by atoms with Crippen molar-refractivity contribution in [2.75, 3.05) is 17.9 Å². The fourth-order valence-corrected chi connectivity index (χ4v) is 3.38. The number of nitrogens with one attached hydrogen (secondary N) is 1. The lowest BCUT2D eigenvalue weighted by Gasteiger charge is -2.10. The third-order valence-corrected chi connectivity index (χ3v) is 4.90. The van der Waals surface area contributed by atoms with Crippen LogP contribution in [0.4, 0.5) is 18.9 Å². The Morgan fingerprint density at radius 1 is 1.28 bits per heavy atom. The van der Waals surface area contributed by atoms with Crippen molar-refractivity contribution in [1.82, 2.24) is 9.78 Å². The van der Waals surface area contributed by atoms with Crippen LogP contribution in [0.2, 0.25) is 0 Å². The van der Waals surface area contributed by atoms with Gasteiger partial charge in [-0.05, 0) is 30.7 Å². The smallest absolute Gasteiger partial charge is 0.406 e. The van der Waals surface area contributed by atoms with E-state index in [9.17, 15) is 21.6 Å². The third kappa shape index (κ3) is 4.42. The second-order valence-corrected chi connectivity index (χ2v) is 7.03. The van der Waals surface area contributed by atoms with E-state index in [0.717, 1.165) is 30.7 Å². The van der Waals surface area contributed by atoms with E-state index in [1.807, 2.05) is 0 Å². The standard InChI is InChI=1S/C14H14F3N3O4S/c15-14(16,17)24-12-1-3-13(4-2-12)25(21,22)19-10-7-18-20(8-10)11-5-6-23-9-11/h1-4,7-8,11,19H,5-6,9H2. The molecular weight excluding hydrogens is 363 g/mol. The Balaban J connectivity index is 1.71. The van der Waals surface area contributed by atoms with Crippen LogP contribution in [0, 0.1) is 0 Å². The summed E-state index contributed by atoms with van der Waals surface area (Å²) in [6.45, 7) is 1.13. The van der Waals surface area contributed by atoms with Crippen LogP contribution in [0.15, 0.2) is 41.6 Å². The minimum atomic E-state index is -4.84. The van der Waals surface area contributed by atoms with Crippen LogP contribution >= 0.6 is 0 Å². The Morgan fingerprint density at radius 3 is 2.60 bits per heavy atom. The molecule has 7 nitrogen and oxygen atoms in total. The maximum absolute atomic E-state index is 12.3. The zero-order chi connectivity index (χ0) is 18.1. The molecular formula is C14H14F3N3O4S. The van der Waals surface area contributed by atoms with Crippen molar-refractivity contribution in [2.45, 2.75) is 23.7 Å². The van der Waals surface area contributed by atoms with Crippen LogP contribution in [-0.4, -0.2) is 37.8 Å². The Hall–Kier alpha value is -2.27. The highest BCUT2D eigenvalue weighted by atomic mass is 32.2. The minimum Gasteiger partial charge on any atom is -0.406 e. The summed E-state index contributed by atoms with van der Waals surface area (Å²) >= 11 is 0. The second kappa shape index (κ2) is 6.56. The van der Waals surface area contributed by atoms with E-state index in [4.69, 9.17) is 4.74 Å². The summed E-state index contributed by atoms with van der Waals surface area (Å²) < 4.78 is 73.9. The van der Waals surface area contributed by atoms with Crippen LogP contribution in [0.5, 0.6) is 5.75 Å². The number of hydrogen-bond donors (Lipinski definition) is 1. The lowest BCUT2D eigenvalue weighted by atomic mass is 10.3. The van der Waals surface area contributed by atoms with Gasteiger partial charge in [0.2, 0.25) is 0 Å². The quantitative estimate of drug-likeness (QED) is 0.866. The molecule has 1 aromatic carbocycles. The van der Waals surface area contributed by atoms with Gasteiger partial charge in [-0.3, -0.25) is 9.40 Å². The number of sulfonamides is 1. The SMILES string of the molecule is O=S(=O)(Nc1cnn(C2CCOC2)c1)c1ccc(OC(F)(F)F)cc1. The largest absolute Gasteiger partial charge is 0.573 e. The van der Waals surface area contributed by atoms with Crippen molar-refractivity contribution in [2.24, 2.45) is 0 Å². The highest BCUT2D eigenvalue weighted by molar-refractivity contribution is 7.92. The molecule has 2 aromatic rings. The lowest BCUT2D eigenvalue weighted by molar-refractivity contribution is -0.274. The van der Waals surface area contributed by atoms with Gasteiger partial charge in [-0.25, -0.2) is 8.42 Å². The van der Waals surface area contributed by atoms with Gasteiger partial charge >= 0.3 is 6.36 Å². The van der Waals surface area contributed by atoms with Crippen LogP contribution in [-0.2, 0) is 14.8 Å². The van der Waals surface area contributed by atoms with Gasteiger partial charge in [-0.1, -0.05) is 0 Å². The number of anilines is 1. The van der Waals surface area contributed by atoms with Crippen molar-refractivity contribution in [3.8, 4) is 5.75 Å². The summed E-state index contributed by atoms with van der Waals surface area (Å²) in [5.74, 6) is -0.500. The zero-order valence-electron chi connectivity index (χ0n) is 12.7. The van der Waals surface area contributed by atoms with E-state index < -0.39 is 22.1 Å². The Bertz CT molecular complexity index is 828. The summed E-state index contributed by atoms with van der Waals surface area (Å²) in [7, 11) is -3.96. The number of ether oxygens (including phenoxy) is 2. The highest BCUT2D eigenvalue weighted by Gasteiger charge is 2.31. The van der Waals surface area contributed by atoms with Gasteiger partial charge in [0.25, 0.3) is 10.0 Å². The second-order valence-electron chi connectivity index (χ2n) is 5.35. The van der Waals surface area contributed by atoms with Crippen molar-refractivity contribution >= 4 is 15.7 Å². The minimum absolute atomic E-state index is 0.0528. The van der Waals surface area contributed by atoms with Gasteiger partial charge in [0.1, 0.15) is 5.75 Å². The van der Waals surface area contributed by atoms with E-state index >= 15 is 0 Å². The number of alkyl halides is 3. The molecule has 1 saturated heterocycles. The van der Waals surface area contributed by atoms with Crippen LogP contribution in [0.25, 0.3) is 0 Å². The molecule has 3 rings (SSSR count). The summed E-state index contributed by atoms with van der Waals surface area (Å²) in [6.07, 6.45) is -1.15. The number of hydrogen-bond acceptors (Lipinski definition) is 5. The normalized spacial score (nSPS) is 18.3. The molecule has 0 spiro atoms. The van der Waals surface area contributed by atoms with Crippen LogP contribution in [0.1, 0.15) is 12.5 Å². The number of aromatic nitrogens is 2. The van der Waals surface area contributed by atoms with E-state index in [1.54, 1.807) is 4.68 Å². The monoisotopic (exact) mass is 377 g/mol. The van der Waals surface area contributed by atoms with Gasteiger partial charge in [0.15, 0.2) is 0 Å². The first-order valence-electron chi connectivity index (χ1n) is 7.23. The van der Waals surface area contributed by atoms with Crippen molar-refractivity contribution in [3.05, 3.63) is 36.7 Å². The highest BCUT2D eigenvalue weighted by Crippen LogP contribution is 2.25. The summed E-state index contributed by atoms with van der Waals surface area (Å²) in [4.78, 5) is -0.195. The Kier molecular flexibility index (Phi) is 4.60. The van der Waals surface area contributed by atoms with Gasteiger partial charge in [-0.15, -0.1) is 13.2 Å². The van der Waals surface area contributed by atoms with Crippen molar-refractivity contribution in [1.29, 1.82) is 0 Å². The molecule has 1 aromatic heterocycles. The fourth-order valence-electron chi connectivity index (χ4n) is 2.36. The molecule has 1 fully saturated rings. The van der Waals surface area contributed by atoms with Crippen molar-refractivity contribution in [3.63, 3.8) is 0 Å². The lowest BCUT2D eigenvalue weighted by Crippen LogP contribution is -2.17. The molecule has 0 radical (unpaired) electrons. The molecule has 2 heterocycles. The first-order chi connectivity index (χ1) is 11.7. The van der Waals surface area contributed by atoms with Gasteiger partial charge in [-0.2, -0.15) is 5.10 Å². The summed E-state index contributed by atoms with van der Waals surface area (Å²) in [6, 6.07) is 3.97. The number of benzene rings is 1. The molecule has 136 valence electrons. The van der Waals surface area contributed by atoms with Crippen LogP contribution in [0.3, 0.4) is 0 Å². The molecule has 0 saturated carbocycles. The summed E-state index contributed by atoms with van der Waals surface area (Å²) in [5.41, 5.74) is 0.252. The number of halogens is 3. The molecule has 0 bridgehead atoms. The average Bonchev–Trinajstić information content (AvgIpc) is 3.16. The van der Waals surface area contributed by atoms with Gasteiger partial charge in [0.05, 0.1) is 29.4 Å². The molecule has 0 aliphatic carbocycles. The zero-order valence-corrected chi connectivity index (χ0v) is 13.5. The van der Waals surface area contributed by atoms with Crippen LogP contribution < -0.4 is 9.46 Å².